The van der Waals surface area contributed by atoms with Crippen molar-refractivity contribution < 1.29 is 18.3 Å². The number of anilines is 1. The number of carboxylic acids is 1. The first kappa shape index (κ1) is 13.4. The van der Waals surface area contributed by atoms with E-state index in [1.54, 1.807) is 0 Å². The largest absolute Gasteiger partial charge is 0.481 e. The molecular formula is C14H17NO4S. The normalized spacial score (nSPS) is 23.3. The van der Waals surface area contributed by atoms with Crippen molar-refractivity contribution in [2.24, 2.45) is 0 Å². The second-order valence-electron chi connectivity index (χ2n) is 5.58. The standard InChI is InChI=1S/C14H17NO4S/c16-13(17)14(4-5-14)11-2-1-3-12(10-11)15-6-8-20(18,19)9-7-15/h1-3,10H,4-9H2,(H,16,17). The predicted molar refractivity (Wildman–Crippen MR) is 75.9 cm³/mol. The van der Waals surface area contributed by atoms with E-state index in [2.05, 4.69) is 0 Å². The molecule has 1 N–H and O–H groups in total. The van der Waals surface area contributed by atoms with Crippen molar-refractivity contribution in [2.75, 3.05) is 29.5 Å². The molecule has 20 heavy (non-hydrogen) atoms. The lowest BCUT2D eigenvalue weighted by molar-refractivity contribution is -0.140. The number of sulfone groups is 1. The van der Waals surface area contributed by atoms with E-state index in [-0.39, 0.29) is 11.5 Å². The summed E-state index contributed by atoms with van der Waals surface area (Å²) >= 11 is 0. The Morgan fingerprint density at radius 2 is 1.85 bits per heavy atom. The number of rotatable bonds is 3. The highest BCUT2D eigenvalue weighted by atomic mass is 32.2. The van der Waals surface area contributed by atoms with E-state index in [1.807, 2.05) is 29.2 Å². The summed E-state index contributed by atoms with van der Waals surface area (Å²) in [5.41, 5.74) is 1.04. The van der Waals surface area contributed by atoms with Gasteiger partial charge in [0, 0.05) is 18.8 Å². The van der Waals surface area contributed by atoms with Crippen molar-refractivity contribution in [1.82, 2.24) is 0 Å². The van der Waals surface area contributed by atoms with Gasteiger partial charge in [0.1, 0.15) is 0 Å². The molecule has 0 spiro atoms. The molecule has 0 bridgehead atoms. The zero-order valence-electron chi connectivity index (χ0n) is 11.1. The molecule has 0 aromatic heterocycles. The van der Waals surface area contributed by atoms with E-state index >= 15 is 0 Å². The fourth-order valence-corrected chi connectivity index (χ4v) is 3.92. The Hall–Kier alpha value is -1.56. The van der Waals surface area contributed by atoms with Crippen molar-refractivity contribution in [3.63, 3.8) is 0 Å². The Labute approximate surface area is 118 Å². The van der Waals surface area contributed by atoms with Gasteiger partial charge in [-0.2, -0.15) is 0 Å². The van der Waals surface area contributed by atoms with Crippen LogP contribution in [-0.4, -0.2) is 44.1 Å². The molecule has 1 aromatic rings. The molecule has 5 nitrogen and oxygen atoms in total. The Kier molecular flexibility index (Phi) is 3.01. The molecule has 108 valence electrons. The van der Waals surface area contributed by atoms with Gasteiger partial charge >= 0.3 is 5.97 Å². The highest BCUT2D eigenvalue weighted by Gasteiger charge is 2.51. The van der Waals surface area contributed by atoms with Crippen LogP contribution in [0, 0.1) is 0 Å². The summed E-state index contributed by atoms with van der Waals surface area (Å²) < 4.78 is 22.9. The number of hydrogen-bond acceptors (Lipinski definition) is 4. The maximum absolute atomic E-state index is 11.4. The van der Waals surface area contributed by atoms with Crippen LogP contribution in [0.3, 0.4) is 0 Å². The van der Waals surface area contributed by atoms with Crippen LogP contribution < -0.4 is 4.90 Å². The van der Waals surface area contributed by atoms with Gasteiger partial charge in [-0.15, -0.1) is 0 Å². The smallest absolute Gasteiger partial charge is 0.314 e. The van der Waals surface area contributed by atoms with Gasteiger partial charge in [0.25, 0.3) is 0 Å². The van der Waals surface area contributed by atoms with Gasteiger partial charge < -0.3 is 10.0 Å². The van der Waals surface area contributed by atoms with Crippen LogP contribution in [0.1, 0.15) is 18.4 Å². The van der Waals surface area contributed by atoms with E-state index in [9.17, 15) is 18.3 Å². The lowest BCUT2D eigenvalue weighted by Crippen LogP contribution is -2.40. The zero-order chi connectivity index (χ0) is 14.4. The lowest BCUT2D eigenvalue weighted by atomic mass is 9.95. The highest BCUT2D eigenvalue weighted by Crippen LogP contribution is 2.49. The van der Waals surface area contributed by atoms with E-state index in [0.29, 0.717) is 25.9 Å². The monoisotopic (exact) mass is 295 g/mol. The Morgan fingerprint density at radius 1 is 1.20 bits per heavy atom. The minimum atomic E-state index is -2.90. The topological polar surface area (TPSA) is 74.7 Å². The molecule has 1 saturated heterocycles. The van der Waals surface area contributed by atoms with Gasteiger partial charge in [0.05, 0.1) is 16.9 Å². The second kappa shape index (κ2) is 4.48. The summed E-state index contributed by atoms with van der Waals surface area (Å²) in [6.45, 7) is 0.956. The van der Waals surface area contributed by atoms with Gasteiger partial charge in [0.2, 0.25) is 0 Å². The van der Waals surface area contributed by atoms with Crippen LogP contribution in [0.15, 0.2) is 24.3 Å². The predicted octanol–water partition coefficient (Wildman–Crippen LogP) is 1.04. The van der Waals surface area contributed by atoms with Crippen LogP contribution in [0.4, 0.5) is 5.69 Å². The third-order valence-corrected chi connectivity index (χ3v) is 5.88. The molecule has 6 heteroatoms. The summed E-state index contributed by atoms with van der Waals surface area (Å²) in [4.78, 5) is 13.4. The molecule has 1 aliphatic carbocycles. The molecule has 3 rings (SSSR count). The third kappa shape index (κ3) is 2.28. The van der Waals surface area contributed by atoms with Crippen LogP contribution in [0.5, 0.6) is 0 Å². The number of hydrogen-bond donors (Lipinski definition) is 1. The fraction of sp³-hybridized carbons (Fsp3) is 0.500. The van der Waals surface area contributed by atoms with E-state index in [0.717, 1.165) is 11.3 Å². The number of carbonyl (C=O) groups is 1. The van der Waals surface area contributed by atoms with Crippen molar-refractivity contribution in [3.05, 3.63) is 29.8 Å². The molecular weight excluding hydrogens is 278 g/mol. The SMILES string of the molecule is O=C(O)C1(c2cccc(N3CCS(=O)(=O)CC3)c2)CC1. The molecule has 0 radical (unpaired) electrons. The van der Waals surface area contributed by atoms with E-state index in [1.165, 1.54) is 0 Å². The van der Waals surface area contributed by atoms with Gasteiger partial charge in [-0.25, -0.2) is 8.42 Å². The number of nitrogens with zero attached hydrogens (tertiary/aromatic N) is 1. The van der Waals surface area contributed by atoms with Crippen LogP contribution in [0.25, 0.3) is 0 Å². The first-order valence-electron chi connectivity index (χ1n) is 6.72. The van der Waals surface area contributed by atoms with Crippen molar-refractivity contribution in [2.45, 2.75) is 18.3 Å². The summed E-state index contributed by atoms with van der Waals surface area (Å²) in [6, 6.07) is 7.53. The van der Waals surface area contributed by atoms with Crippen molar-refractivity contribution in [1.29, 1.82) is 0 Å². The Balaban J connectivity index is 1.84. The van der Waals surface area contributed by atoms with Crippen molar-refractivity contribution in [3.8, 4) is 0 Å². The number of aliphatic carboxylic acids is 1. The third-order valence-electron chi connectivity index (χ3n) is 4.27. The highest BCUT2D eigenvalue weighted by molar-refractivity contribution is 7.91. The van der Waals surface area contributed by atoms with Crippen molar-refractivity contribution >= 4 is 21.5 Å². The van der Waals surface area contributed by atoms with Crippen LogP contribution >= 0.6 is 0 Å². The lowest BCUT2D eigenvalue weighted by Gasteiger charge is -2.29. The van der Waals surface area contributed by atoms with Gasteiger partial charge in [0.15, 0.2) is 9.84 Å². The summed E-state index contributed by atoms with van der Waals surface area (Å²) in [5.74, 6) is -0.432. The maximum atomic E-state index is 11.4. The van der Waals surface area contributed by atoms with Gasteiger partial charge in [-0.3, -0.25) is 4.79 Å². The minimum Gasteiger partial charge on any atom is -0.481 e. The molecule has 1 saturated carbocycles. The molecule has 1 aliphatic heterocycles. The summed E-state index contributed by atoms with van der Waals surface area (Å²) in [5, 5.41) is 9.33. The summed E-state index contributed by atoms with van der Waals surface area (Å²) in [7, 11) is -2.90. The maximum Gasteiger partial charge on any atom is 0.314 e. The average Bonchev–Trinajstić information content (AvgIpc) is 3.20. The Morgan fingerprint density at radius 3 is 2.40 bits per heavy atom. The van der Waals surface area contributed by atoms with E-state index in [4.69, 9.17) is 0 Å². The molecule has 1 heterocycles. The number of carboxylic acid groups (broad SMARTS) is 1. The van der Waals surface area contributed by atoms with Gasteiger partial charge in [-0.1, -0.05) is 12.1 Å². The zero-order valence-corrected chi connectivity index (χ0v) is 11.9. The first-order chi connectivity index (χ1) is 9.43. The molecule has 2 aliphatic rings. The average molecular weight is 295 g/mol. The number of benzene rings is 1. The molecule has 0 atom stereocenters. The molecule has 2 fully saturated rings. The Bertz CT molecular complexity index is 635. The molecule has 1 aromatic carbocycles. The van der Waals surface area contributed by atoms with Crippen LogP contribution in [-0.2, 0) is 20.0 Å². The second-order valence-corrected chi connectivity index (χ2v) is 7.88. The van der Waals surface area contributed by atoms with Crippen LogP contribution in [0.2, 0.25) is 0 Å². The molecule has 0 unspecified atom stereocenters. The quantitative estimate of drug-likeness (QED) is 0.901. The molecule has 0 amide bonds. The fourth-order valence-electron chi connectivity index (χ4n) is 2.72. The first-order valence-corrected chi connectivity index (χ1v) is 8.54. The van der Waals surface area contributed by atoms with Gasteiger partial charge in [-0.05, 0) is 30.5 Å². The summed E-state index contributed by atoms with van der Waals surface area (Å²) in [6.07, 6.45) is 1.36. The minimum absolute atomic E-state index is 0.168. The van der Waals surface area contributed by atoms with E-state index < -0.39 is 21.2 Å².